The molecule has 1 spiro atoms. The summed E-state index contributed by atoms with van der Waals surface area (Å²) < 4.78 is 81.9. The Morgan fingerprint density at radius 1 is 0.796 bits per heavy atom. The molecule has 2 aliphatic heterocycles. The highest BCUT2D eigenvalue weighted by Gasteiger charge is 2.41. The number of aryl methyl sites for hydroxylation is 1. The maximum absolute atomic E-state index is 13.8. The van der Waals surface area contributed by atoms with Gasteiger partial charge < -0.3 is 14.8 Å². The van der Waals surface area contributed by atoms with E-state index in [4.69, 9.17) is 0 Å². The largest absolute Gasteiger partial charge is 0.416 e. The molecule has 0 bridgehead atoms. The van der Waals surface area contributed by atoms with Crippen molar-refractivity contribution in [3.63, 3.8) is 0 Å². The average molecular weight is 683 g/mol. The summed E-state index contributed by atoms with van der Waals surface area (Å²) in [7, 11) is 0. The number of nitrogens with one attached hydrogen (secondary N) is 1. The van der Waals surface area contributed by atoms with Crippen molar-refractivity contribution in [2.75, 3.05) is 45.8 Å². The molecule has 1 aliphatic carbocycles. The third-order valence-corrected chi connectivity index (χ3v) is 11.0. The van der Waals surface area contributed by atoms with Gasteiger partial charge in [0.05, 0.1) is 11.1 Å². The highest BCUT2D eigenvalue weighted by atomic mass is 19.4. The molecular weight excluding hydrogens is 642 g/mol. The fraction of sp³-hybridized carbons (Fsp3) is 0.447. The van der Waals surface area contributed by atoms with Gasteiger partial charge >= 0.3 is 12.4 Å². The number of alkyl halides is 6. The van der Waals surface area contributed by atoms with Crippen LogP contribution >= 0.6 is 0 Å². The van der Waals surface area contributed by atoms with E-state index in [1.165, 1.54) is 22.4 Å². The lowest BCUT2D eigenvalue weighted by molar-refractivity contribution is -0.143. The molecule has 2 saturated heterocycles. The number of amides is 1. The number of piperidine rings is 1. The smallest absolute Gasteiger partial charge is 0.361 e. The van der Waals surface area contributed by atoms with Crippen molar-refractivity contribution in [1.29, 1.82) is 0 Å². The first-order valence-corrected chi connectivity index (χ1v) is 17.1. The van der Waals surface area contributed by atoms with Crippen LogP contribution in [0.4, 0.5) is 26.3 Å². The van der Waals surface area contributed by atoms with E-state index in [0.29, 0.717) is 37.1 Å². The second kappa shape index (κ2) is 13.1. The van der Waals surface area contributed by atoms with Crippen molar-refractivity contribution in [2.24, 2.45) is 0 Å². The van der Waals surface area contributed by atoms with Gasteiger partial charge in [-0.2, -0.15) is 26.3 Å². The molecule has 1 N–H and O–H groups in total. The van der Waals surface area contributed by atoms with Crippen molar-refractivity contribution >= 4 is 16.8 Å². The number of nitrogens with zero attached hydrogens (tertiary/aromatic N) is 3. The van der Waals surface area contributed by atoms with Gasteiger partial charge in [0.25, 0.3) is 5.91 Å². The Morgan fingerprint density at radius 3 is 2.20 bits per heavy atom. The van der Waals surface area contributed by atoms with Crippen LogP contribution < -0.4 is 0 Å². The maximum atomic E-state index is 13.8. The summed E-state index contributed by atoms with van der Waals surface area (Å²) >= 11 is 0. The van der Waals surface area contributed by atoms with E-state index in [-0.39, 0.29) is 12.6 Å². The molecule has 3 aromatic carbocycles. The Hall–Kier alpha value is -3.83. The number of piperazine rings is 1. The Morgan fingerprint density at radius 2 is 1.47 bits per heavy atom. The summed E-state index contributed by atoms with van der Waals surface area (Å²) in [5.74, 6) is -0.822. The molecule has 1 atom stereocenters. The number of fused-ring (bicyclic) bond motifs is 3. The predicted molar refractivity (Wildman–Crippen MR) is 176 cm³/mol. The number of rotatable bonds is 7. The zero-order valence-corrected chi connectivity index (χ0v) is 27.2. The first-order valence-electron chi connectivity index (χ1n) is 17.1. The van der Waals surface area contributed by atoms with E-state index < -0.39 is 41.0 Å². The molecule has 2 fully saturated rings. The summed E-state index contributed by atoms with van der Waals surface area (Å²) in [6, 6.07) is 17.2. The van der Waals surface area contributed by atoms with Crippen molar-refractivity contribution in [3.8, 4) is 0 Å². The van der Waals surface area contributed by atoms with Crippen LogP contribution in [0.2, 0.25) is 0 Å². The van der Waals surface area contributed by atoms with Gasteiger partial charge in [-0.3, -0.25) is 9.69 Å². The number of carbonyl (C=O) groups is 1. The van der Waals surface area contributed by atoms with Crippen molar-refractivity contribution in [2.45, 2.75) is 62.3 Å². The monoisotopic (exact) mass is 682 g/mol. The van der Waals surface area contributed by atoms with Crippen LogP contribution in [-0.4, -0.2) is 77.4 Å². The molecule has 5 nitrogen and oxygen atoms in total. The van der Waals surface area contributed by atoms with Crippen molar-refractivity contribution in [3.05, 3.63) is 106 Å². The fourth-order valence-electron chi connectivity index (χ4n) is 8.37. The molecule has 0 saturated carbocycles. The van der Waals surface area contributed by atoms with Gasteiger partial charge in [-0.1, -0.05) is 42.5 Å². The number of hydrogen-bond donors (Lipinski definition) is 1. The average Bonchev–Trinajstić information content (AvgIpc) is 3.66. The van der Waals surface area contributed by atoms with Gasteiger partial charge in [0.1, 0.15) is 0 Å². The summed E-state index contributed by atoms with van der Waals surface area (Å²) in [5.41, 5.74) is 1.60. The third kappa shape index (κ3) is 6.97. The van der Waals surface area contributed by atoms with E-state index >= 15 is 0 Å². The molecule has 3 aliphatic rings. The topological polar surface area (TPSA) is 42.6 Å². The van der Waals surface area contributed by atoms with Gasteiger partial charge in [0, 0.05) is 48.3 Å². The van der Waals surface area contributed by atoms with Gasteiger partial charge in [-0.25, -0.2) is 0 Å². The van der Waals surface area contributed by atoms with Crippen LogP contribution in [-0.2, 0) is 30.6 Å². The zero-order valence-electron chi connectivity index (χ0n) is 27.2. The van der Waals surface area contributed by atoms with Crippen molar-refractivity contribution < 1.29 is 31.1 Å². The van der Waals surface area contributed by atoms with Crippen LogP contribution in [0, 0.1) is 0 Å². The zero-order chi connectivity index (χ0) is 34.4. The summed E-state index contributed by atoms with van der Waals surface area (Å²) in [6.07, 6.45) is -2.17. The second-order valence-electron chi connectivity index (χ2n) is 13.9. The van der Waals surface area contributed by atoms with E-state index in [2.05, 4.69) is 39.0 Å². The third-order valence-electron chi connectivity index (χ3n) is 11.0. The molecule has 3 heterocycles. The number of aromatic amines is 1. The molecule has 0 unspecified atom stereocenters. The van der Waals surface area contributed by atoms with E-state index in [9.17, 15) is 31.1 Å². The van der Waals surface area contributed by atoms with Crippen molar-refractivity contribution in [1.82, 2.24) is 19.7 Å². The number of likely N-dealkylation sites (tertiary alicyclic amines) is 1. The van der Waals surface area contributed by atoms with Gasteiger partial charge in [0.15, 0.2) is 0 Å². The van der Waals surface area contributed by atoms with Crippen LogP contribution in [0.5, 0.6) is 0 Å². The standard InChI is InChI=1S/C38H40F6N4O/c39-37(40,41)29-20-27(21-30(23-29)38(42,43)44)35(49)48-19-18-47(25-31(48)22-28-24-45-34-9-4-2-7-32(28)34)15-5-14-46-16-12-36(13-17-46)11-10-26-6-1-3-8-33(26)36/h1-4,6-9,20-21,23-24,31,45H,5,10-19,22,25H2/t31-/m1/s1. The Balaban J connectivity index is 1.04. The van der Waals surface area contributed by atoms with Crippen LogP contribution in [0.15, 0.2) is 72.9 Å². The Labute approximate surface area is 281 Å². The summed E-state index contributed by atoms with van der Waals surface area (Å²) in [5, 5.41) is 0.971. The van der Waals surface area contributed by atoms with Gasteiger partial charge in [-0.05, 0) is 111 Å². The molecule has 7 rings (SSSR count). The first kappa shape index (κ1) is 33.7. The van der Waals surface area contributed by atoms with Crippen LogP contribution in [0.3, 0.4) is 0 Å². The summed E-state index contributed by atoms with van der Waals surface area (Å²) in [6.45, 7) is 5.01. The number of H-pyrrole nitrogens is 1. The summed E-state index contributed by atoms with van der Waals surface area (Å²) in [4.78, 5) is 23.3. The Bertz CT molecular complexity index is 1770. The first-order chi connectivity index (χ1) is 23.4. The highest BCUT2D eigenvalue weighted by molar-refractivity contribution is 5.95. The number of halogens is 6. The fourth-order valence-corrected chi connectivity index (χ4v) is 8.37. The molecule has 11 heteroatoms. The quantitative estimate of drug-likeness (QED) is 0.201. The SMILES string of the molecule is O=C(c1cc(C(F)(F)F)cc(C(F)(F)F)c1)N1CCN(CCCN2CCC3(CCc4ccccc43)CC2)C[C@H]1Cc1c[nH]c2ccccc12. The molecule has 1 amide bonds. The minimum Gasteiger partial charge on any atom is -0.361 e. The minimum absolute atomic E-state index is 0.0625. The molecule has 49 heavy (non-hydrogen) atoms. The molecule has 260 valence electrons. The number of benzene rings is 3. The lowest BCUT2D eigenvalue weighted by Gasteiger charge is -2.42. The lowest BCUT2D eigenvalue weighted by atomic mass is 9.74. The Kier molecular flexibility index (Phi) is 9.02. The van der Waals surface area contributed by atoms with Gasteiger partial charge in [-0.15, -0.1) is 0 Å². The molecule has 4 aromatic rings. The number of para-hydroxylation sites is 1. The number of aromatic nitrogens is 1. The van der Waals surface area contributed by atoms with E-state index in [0.717, 1.165) is 68.3 Å². The minimum atomic E-state index is -5.03. The molecule has 1 aromatic heterocycles. The number of carbonyl (C=O) groups excluding carboxylic acids is 1. The normalized spacial score (nSPS) is 20.3. The predicted octanol–water partition coefficient (Wildman–Crippen LogP) is 7.94. The molecule has 0 radical (unpaired) electrons. The van der Waals surface area contributed by atoms with E-state index in [1.54, 1.807) is 0 Å². The van der Waals surface area contributed by atoms with Crippen LogP contribution in [0.25, 0.3) is 10.9 Å². The van der Waals surface area contributed by atoms with E-state index in [1.807, 2.05) is 30.5 Å². The highest BCUT2D eigenvalue weighted by Crippen LogP contribution is 2.46. The lowest BCUT2D eigenvalue weighted by Crippen LogP contribution is -2.56. The van der Waals surface area contributed by atoms with Gasteiger partial charge in [0.2, 0.25) is 0 Å². The molecular formula is C38H40F6N4O. The second-order valence-corrected chi connectivity index (χ2v) is 13.9. The maximum Gasteiger partial charge on any atom is 0.416 e. The van der Waals surface area contributed by atoms with Crippen LogP contribution in [0.1, 0.15) is 63.9 Å². The number of hydrogen-bond acceptors (Lipinski definition) is 3.